The third-order valence-electron chi connectivity index (χ3n) is 14.7. The van der Waals surface area contributed by atoms with Gasteiger partial charge in [-0.1, -0.05) is 179 Å². The van der Waals surface area contributed by atoms with Gasteiger partial charge in [0.15, 0.2) is 0 Å². The summed E-state index contributed by atoms with van der Waals surface area (Å²) >= 11 is 0. The molecule has 0 atom stereocenters. The Morgan fingerprint density at radius 3 is 1.65 bits per heavy atom. The summed E-state index contributed by atoms with van der Waals surface area (Å²) in [5, 5.41) is 0. The molecule has 0 spiro atoms. The third-order valence-corrected chi connectivity index (χ3v) is 14.7. The van der Waals surface area contributed by atoms with E-state index in [1.54, 1.807) is 0 Å². The van der Waals surface area contributed by atoms with Crippen LogP contribution in [-0.4, -0.2) is 4.98 Å². The van der Waals surface area contributed by atoms with Gasteiger partial charge in [-0.2, -0.15) is 0 Å². The number of aryl methyl sites for hydroxylation is 3. The molecule has 7 aromatic carbocycles. The number of hydrogen-bond acceptors (Lipinski definition) is 5. The van der Waals surface area contributed by atoms with Gasteiger partial charge in [0, 0.05) is 52.1 Å². The number of rotatable bonds is 7. The lowest BCUT2D eigenvalue weighted by Crippen LogP contribution is -2.31. The highest BCUT2D eigenvalue weighted by molar-refractivity contribution is 5.99. The molecule has 5 heteroatoms. The SMILES string of the molecule is Cc1cc(C)c(N2[CH-]N(c3cc(Oc4ccc5c(c4)N(c4cc(C(C)(C)C)ccn4)c4ccccc4C5(C)C)c(C(C)(C)C)cc3C(C)(C)C)c3cc(-c4ccccc4)c(-c4ccccc4)cc32)c(C)c1. The van der Waals surface area contributed by atoms with Crippen molar-refractivity contribution in [1.82, 2.24) is 4.98 Å². The van der Waals surface area contributed by atoms with E-state index >= 15 is 0 Å². The minimum absolute atomic E-state index is 0.0459. The molecule has 71 heavy (non-hydrogen) atoms. The molecule has 0 saturated carbocycles. The summed E-state index contributed by atoms with van der Waals surface area (Å²) in [5.74, 6) is 2.49. The zero-order valence-corrected chi connectivity index (χ0v) is 44.3. The summed E-state index contributed by atoms with van der Waals surface area (Å²) in [7, 11) is 0. The molecule has 2 aliphatic rings. The van der Waals surface area contributed by atoms with Crippen LogP contribution in [0.1, 0.15) is 121 Å². The number of benzene rings is 7. The molecule has 0 unspecified atom stereocenters. The largest absolute Gasteiger partial charge is 0.473 e. The van der Waals surface area contributed by atoms with Crippen LogP contribution in [0.25, 0.3) is 22.3 Å². The van der Waals surface area contributed by atoms with Gasteiger partial charge in [0.1, 0.15) is 17.3 Å². The Balaban J connectivity index is 1.18. The second kappa shape index (κ2) is 17.3. The van der Waals surface area contributed by atoms with Gasteiger partial charge in [-0.15, -0.1) is 6.67 Å². The van der Waals surface area contributed by atoms with E-state index in [4.69, 9.17) is 9.72 Å². The minimum Gasteiger partial charge on any atom is -0.473 e. The van der Waals surface area contributed by atoms with Crippen LogP contribution in [0.2, 0.25) is 0 Å². The highest BCUT2D eigenvalue weighted by atomic mass is 16.5. The third kappa shape index (κ3) is 8.58. The fourth-order valence-electron chi connectivity index (χ4n) is 11.0. The predicted molar refractivity (Wildman–Crippen MR) is 300 cm³/mol. The molecule has 0 N–H and O–H groups in total. The first-order valence-corrected chi connectivity index (χ1v) is 25.3. The molecule has 360 valence electrons. The molecular formula is C66H69N4O-. The molecule has 8 aromatic rings. The molecule has 0 bridgehead atoms. The van der Waals surface area contributed by atoms with E-state index < -0.39 is 0 Å². The maximum Gasteiger partial charge on any atom is 0.137 e. The number of nitrogens with zero attached hydrogens (tertiary/aromatic N) is 4. The zero-order chi connectivity index (χ0) is 50.4. The van der Waals surface area contributed by atoms with Crippen molar-refractivity contribution in [2.75, 3.05) is 14.7 Å². The number of fused-ring (bicyclic) bond motifs is 3. The van der Waals surface area contributed by atoms with Gasteiger partial charge >= 0.3 is 0 Å². The highest BCUT2D eigenvalue weighted by Gasteiger charge is 2.38. The Morgan fingerprint density at radius 2 is 1.06 bits per heavy atom. The van der Waals surface area contributed by atoms with E-state index in [0.29, 0.717) is 0 Å². The van der Waals surface area contributed by atoms with E-state index in [1.807, 2.05) is 6.20 Å². The normalized spacial score (nSPS) is 14.3. The molecular weight excluding hydrogens is 865 g/mol. The van der Waals surface area contributed by atoms with Crippen LogP contribution in [0.15, 0.2) is 158 Å². The van der Waals surface area contributed by atoms with Gasteiger partial charge in [0.05, 0.1) is 11.4 Å². The van der Waals surface area contributed by atoms with Crippen molar-refractivity contribution in [2.45, 2.75) is 119 Å². The number of anilines is 7. The molecule has 0 saturated heterocycles. The summed E-state index contributed by atoms with van der Waals surface area (Å²) in [5.41, 5.74) is 20.5. The fraction of sp³-hybridized carbons (Fsp3) is 0.273. The standard InChI is InChI=1S/C66H69N4O/c1-42-33-43(2)62(44(3)34-42)69-41-68(58-37-49(45-23-17-15-18-24-45)50(38-59(58)69)46-25-19-16-20-26-46)56-40-60(54(65(10,11)12)39-53(56)64(7,8)9)71-48-29-30-52-57(36-48)70(55-28-22-21-27-51(55)66(52,13)14)61-35-47(31-32-67-61)63(4,5)6/h15-41H,1-14H3/q-1. The topological polar surface area (TPSA) is 31.8 Å². The molecule has 3 heterocycles. The molecule has 0 radical (unpaired) electrons. The molecule has 5 nitrogen and oxygen atoms in total. The maximum absolute atomic E-state index is 7.41. The van der Waals surface area contributed by atoms with Crippen molar-refractivity contribution in [3.63, 3.8) is 0 Å². The van der Waals surface area contributed by atoms with E-state index in [2.05, 4.69) is 270 Å². The molecule has 10 rings (SSSR count). The first-order valence-electron chi connectivity index (χ1n) is 25.3. The van der Waals surface area contributed by atoms with Crippen molar-refractivity contribution in [2.24, 2.45) is 0 Å². The number of para-hydroxylation sites is 1. The van der Waals surface area contributed by atoms with Crippen molar-refractivity contribution in [3.05, 3.63) is 209 Å². The lowest BCUT2D eigenvalue weighted by Gasteiger charge is -2.42. The summed E-state index contributed by atoms with van der Waals surface area (Å²) < 4.78 is 7.41. The van der Waals surface area contributed by atoms with Crippen LogP contribution < -0.4 is 19.4 Å². The average Bonchev–Trinajstić information content (AvgIpc) is 3.68. The number of hydrogen-bond donors (Lipinski definition) is 0. The van der Waals surface area contributed by atoms with Crippen molar-refractivity contribution in [1.29, 1.82) is 0 Å². The first kappa shape index (κ1) is 47.6. The van der Waals surface area contributed by atoms with Crippen molar-refractivity contribution >= 4 is 39.9 Å². The smallest absolute Gasteiger partial charge is 0.137 e. The molecule has 0 amide bonds. The van der Waals surface area contributed by atoms with Crippen molar-refractivity contribution in [3.8, 4) is 33.8 Å². The number of pyridine rings is 1. The number of ether oxygens (including phenoxy) is 1. The lowest BCUT2D eigenvalue weighted by molar-refractivity contribution is 0.453. The Morgan fingerprint density at radius 1 is 0.493 bits per heavy atom. The van der Waals surface area contributed by atoms with Crippen LogP contribution in [0.5, 0.6) is 11.5 Å². The molecule has 0 aliphatic carbocycles. The van der Waals surface area contributed by atoms with Crippen LogP contribution in [0.3, 0.4) is 0 Å². The highest BCUT2D eigenvalue weighted by Crippen LogP contribution is 2.56. The molecule has 0 fully saturated rings. The van der Waals surface area contributed by atoms with Gasteiger partial charge in [-0.05, 0) is 135 Å². The van der Waals surface area contributed by atoms with Gasteiger partial charge in [-0.3, -0.25) is 4.90 Å². The monoisotopic (exact) mass is 934 g/mol. The van der Waals surface area contributed by atoms with E-state index in [0.717, 1.165) is 51.3 Å². The Hall–Kier alpha value is -7.11. The average molecular weight is 934 g/mol. The van der Waals surface area contributed by atoms with E-state index in [9.17, 15) is 0 Å². The Kier molecular flexibility index (Phi) is 11.6. The van der Waals surface area contributed by atoms with Gasteiger partial charge in [0.2, 0.25) is 0 Å². The summed E-state index contributed by atoms with van der Waals surface area (Å²) in [6.07, 6.45) is 1.95. The maximum atomic E-state index is 7.41. The second-order valence-electron chi connectivity index (χ2n) is 23.5. The van der Waals surface area contributed by atoms with Gasteiger partial charge < -0.3 is 14.5 Å². The Labute approximate surface area is 423 Å². The quantitative estimate of drug-likeness (QED) is 0.149. The van der Waals surface area contributed by atoms with Gasteiger partial charge in [-0.25, -0.2) is 4.98 Å². The van der Waals surface area contributed by atoms with E-state index in [-0.39, 0.29) is 21.7 Å². The summed E-state index contributed by atoms with van der Waals surface area (Å²) in [6.45, 7) is 34.3. The summed E-state index contributed by atoms with van der Waals surface area (Å²) in [6, 6.07) is 55.6. The minimum atomic E-state index is -0.265. The number of aromatic nitrogens is 1. The summed E-state index contributed by atoms with van der Waals surface area (Å²) in [4.78, 5) is 12.2. The van der Waals surface area contributed by atoms with Crippen LogP contribution >= 0.6 is 0 Å². The molecule has 2 aliphatic heterocycles. The van der Waals surface area contributed by atoms with Gasteiger partial charge in [0.25, 0.3) is 0 Å². The second-order valence-corrected chi connectivity index (χ2v) is 23.5. The predicted octanol–water partition coefficient (Wildman–Crippen LogP) is 18.5. The molecule has 1 aromatic heterocycles. The fourth-order valence-corrected chi connectivity index (χ4v) is 11.0. The van der Waals surface area contributed by atoms with Crippen LogP contribution in [-0.2, 0) is 21.7 Å². The van der Waals surface area contributed by atoms with E-state index in [1.165, 1.54) is 66.9 Å². The first-order chi connectivity index (χ1) is 33.6. The Bertz CT molecular complexity index is 3310. The zero-order valence-electron chi connectivity index (χ0n) is 44.3. The van der Waals surface area contributed by atoms with Crippen LogP contribution in [0, 0.1) is 27.4 Å². The lowest BCUT2D eigenvalue weighted by atomic mass is 9.73. The van der Waals surface area contributed by atoms with Crippen LogP contribution in [0.4, 0.5) is 39.9 Å². The van der Waals surface area contributed by atoms with Crippen molar-refractivity contribution < 1.29 is 4.74 Å².